The molecule has 1 heterocycles. The van der Waals surface area contributed by atoms with E-state index in [0.717, 1.165) is 12.8 Å². The number of amides is 2. The summed E-state index contributed by atoms with van der Waals surface area (Å²) in [4.78, 5) is 26.8. The number of halogens is 1. The minimum atomic E-state index is -3.73. The SMILES string of the molecule is CN(C)C(=O)CN(C)C(=O)c1ccc(Cl)c(S(=O)(=O)N2CCCC2)c1. The van der Waals surface area contributed by atoms with E-state index in [1.54, 1.807) is 14.1 Å². The van der Waals surface area contributed by atoms with Crippen molar-refractivity contribution < 1.29 is 18.0 Å². The Morgan fingerprint density at radius 3 is 2.32 bits per heavy atom. The van der Waals surface area contributed by atoms with Crippen molar-refractivity contribution in [3.05, 3.63) is 28.8 Å². The smallest absolute Gasteiger partial charge is 0.254 e. The number of hydrogen-bond acceptors (Lipinski definition) is 4. The van der Waals surface area contributed by atoms with Gasteiger partial charge in [-0.25, -0.2) is 8.42 Å². The number of carbonyl (C=O) groups is 2. The molecule has 0 atom stereocenters. The number of likely N-dealkylation sites (N-methyl/N-ethyl adjacent to an activating group) is 2. The summed E-state index contributed by atoms with van der Waals surface area (Å²) in [6, 6.07) is 4.15. The molecule has 1 aromatic rings. The van der Waals surface area contributed by atoms with Gasteiger partial charge in [0.25, 0.3) is 5.91 Å². The normalized spacial score (nSPS) is 15.2. The minimum absolute atomic E-state index is 0.0748. The van der Waals surface area contributed by atoms with Gasteiger partial charge in [0.2, 0.25) is 15.9 Å². The summed E-state index contributed by atoms with van der Waals surface area (Å²) < 4.78 is 26.8. The molecule has 0 bridgehead atoms. The molecule has 0 spiro atoms. The summed E-state index contributed by atoms with van der Waals surface area (Å²) in [6.07, 6.45) is 1.62. The van der Waals surface area contributed by atoms with Gasteiger partial charge in [-0.05, 0) is 31.0 Å². The molecule has 25 heavy (non-hydrogen) atoms. The largest absolute Gasteiger partial charge is 0.347 e. The number of rotatable bonds is 5. The molecule has 2 rings (SSSR count). The third kappa shape index (κ3) is 4.31. The van der Waals surface area contributed by atoms with Crippen molar-refractivity contribution in [1.29, 1.82) is 0 Å². The first-order chi connectivity index (χ1) is 11.6. The lowest BCUT2D eigenvalue weighted by Crippen LogP contribution is -2.37. The molecule has 0 N–H and O–H groups in total. The average Bonchev–Trinajstić information content (AvgIpc) is 3.09. The molecule has 9 heteroatoms. The van der Waals surface area contributed by atoms with Crippen LogP contribution in [0.3, 0.4) is 0 Å². The van der Waals surface area contributed by atoms with E-state index in [-0.39, 0.29) is 27.9 Å². The summed E-state index contributed by atoms with van der Waals surface area (Å²) in [7, 11) is 0.963. The molecule has 1 saturated heterocycles. The second kappa shape index (κ2) is 7.72. The van der Waals surface area contributed by atoms with Crippen molar-refractivity contribution >= 4 is 33.4 Å². The van der Waals surface area contributed by atoms with Gasteiger partial charge in [0.15, 0.2) is 0 Å². The zero-order valence-electron chi connectivity index (χ0n) is 14.5. The van der Waals surface area contributed by atoms with Gasteiger partial charge in [0, 0.05) is 39.8 Å². The maximum atomic E-state index is 12.7. The fraction of sp³-hybridized carbons (Fsp3) is 0.500. The van der Waals surface area contributed by atoms with Crippen molar-refractivity contribution in [2.75, 3.05) is 40.8 Å². The van der Waals surface area contributed by atoms with E-state index in [1.165, 1.54) is 39.4 Å². The first kappa shape index (κ1) is 19.7. The summed E-state index contributed by atoms with van der Waals surface area (Å²) in [5.41, 5.74) is 0.177. The van der Waals surface area contributed by atoms with Crippen molar-refractivity contribution in [3.63, 3.8) is 0 Å². The van der Waals surface area contributed by atoms with Gasteiger partial charge in [0.05, 0.1) is 11.6 Å². The van der Waals surface area contributed by atoms with Gasteiger partial charge in [-0.3, -0.25) is 9.59 Å². The second-order valence-corrected chi connectivity index (χ2v) is 8.52. The van der Waals surface area contributed by atoms with E-state index in [4.69, 9.17) is 11.6 Å². The lowest BCUT2D eigenvalue weighted by molar-refractivity contribution is -0.129. The average molecular weight is 388 g/mol. The monoisotopic (exact) mass is 387 g/mol. The third-order valence-electron chi connectivity index (χ3n) is 4.08. The number of nitrogens with zero attached hydrogens (tertiary/aromatic N) is 3. The fourth-order valence-electron chi connectivity index (χ4n) is 2.54. The first-order valence-electron chi connectivity index (χ1n) is 7.90. The molecular weight excluding hydrogens is 366 g/mol. The third-order valence-corrected chi connectivity index (χ3v) is 6.46. The van der Waals surface area contributed by atoms with Crippen LogP contribution in [0.15, 0.2) is 23.1 Å². The van der Waals surface area contributed by atoms with Crippen LogP contribution in [0.2, 0.25) is 5.02 Å². The highest BCUT2D eigenvalue weighted by atomic mass is 35.5. The van der Waals surface area contributed by atoms with Crippen LogP contribution < -0.4 is 0 Å². The van der Waals surface area contributed by atoms with Crippen LogP contribution in [0.25, 0.3) is 0 Å². The highest BCUT2D eigenvalue weighted by Crippen LogP contribution is 2.28. The topological polar surface area (TPSA) is 78.0 Å². The van der Waals surface area contributed by atoms with E-state index >= 15 is 0 Å². The number of sulfonamides is 1. The van der Waals surface area contributed by atoms with E-state index in [9.17, 15) is 18.0 Å². The number of carbonyl (C=O) groups excluding carboxylic acids is 2. The standard InChI is InChI=1S/C16H22ClN3O4S/c1-18(2)15(21)11-19(3)16(22)12-6-7-13(17)14(10-12)25(23,24)20-8-4-5-9-20/h6-7,10H,4-5,8-9,11H2,1-3H3. The Morgan fingerprint density at radius 2 is 1.76 bits per heavy atom. The quantitative estimate of drug-likeness (QED) is 0.762. The molecule has 2 amide bonds. The predicted molar refractivity (Wildman–Crippen MR) is 95.1 cm³/mol. The van der Waals surface area contributed by atoms with Gasteiger partial charge in [0.1, 0.15) is 4.90 Å². The van der Waals surface area contributed by atoms with Crippen LogP contribution in [-0.2, 0) is 14.8 Å². The van der Waals surface area contributed by atoms with Crippen LogP contribution in [0.4, 0.5) is 0 Å². The van der Waals surface area contributed by atoms with Crippen LogP contribution >= 0.6 is 11.6 Å². The van der Waals surface area contributed by atoms with Crippen molar-refractivity contribution in [2.24, 2.45) is 0 Å². The summed E-state index contributed by atoms with van der Waals surface area (Å²) in [5, 5.41) is 0.0791. The van der Waals surface area contributed by atoms with E-state index in [0.29, 0.717) is 13.1 Å². The fourth-order valence-corrected chi connectivity index (χ4v) is 4.56. The zero-order chi connectivity index (χ0) is 18.8. The number of benzene rings is 1. The van der Waals surface area contributed by atoms with Crippen LogP contribution in [0.5, 0.6) is 0 Å². The van der Waals surface area contributed by atoms with Gasteiger partial charge < -0.3 is 9.80 Å². The Balaban J connectivity index is 2.29. The Hall–Kier alpha value is -1.64. The molecule has 0 unspecified atom stereocenters. The van der Waals surface area contributed by atoms with E-state index in [1.807, 2.05) is 0 Å². The molecule has 0 radical (unpaired) electrons. The lowest BCUT2D eigenvalue weighted by Gasteiger charge is -2.20. The predicted octanol–water partition coefficient (Wildman–Crippen LogP) is 1.28. The van der Waals surface area contributed by atoms with Crippen molar-refractivity contribution in [2.45, 2.75) is 17.7 Å². The van der Waals surface area contributed by atoms with Gasteiger partial charge >= 0.3 is 0 Å². The summed E-state index contributed by atoms with van der Waals surface area (Å²) in [6.45, 7) is 0.810. The Morgan fingerprint density at radius 1 is 1.16 bits per heavy atom. The molecule has 1 aliphatic rings. The molecule has 0 aliphatic carbocycles. The van der Waals surface area contributed by atoms with Crippen LogP contribution in [-0.4, -0.2) is 75.1 Å². The van der Waals surface area contributed by atoms with Gasteiger partial charge in [-0.1, -0.05) is 11.6 Å². The molecule has 0 aromatic heterocycles. The molecule has 138 valence electrons. The Kier molecular flexibility index (Phi) is 6.08. The maximum Gasteiger partial charge on any atom is 0.254 e. The van der Waals surface area contributed by atoms with E-state index in [2.05, 4.69) is 0 Å². The van der Waals surface area contributed by atoms with Crippen molar-refractivity contribution in [1.82, 2.24) is 14.1 Å². The maximum absolute atomic E-state index is 12.7. The van der Waals surface area contributed by atoms with Crippen LogP contribution in [0.1, 0.15) is 23.2 Å². The first-order valence-corrected chi connectivity index (χ1v) is 9.71. The molecule has 1 aromatic carbocycles. The minimum Gasteiger partial charge on any atom is -0.347 e. The molecule has 0 saturated carbocycles. The molecule has 1 aliphatic heterocycles. The van der Waals surface area contributed by atoms with Crippen LogP contribution in [0, 0.1) is 0 Å². The van der Waals surface area contributed by atoms with Crippen molar-refractivity contribution in [3.8, 4) is 0 Å². The molecule has 1 fully saturated rings. The van der Waals surface area contributed by atoms with E-state index < -0.39 is 15.9 Å². The number of hydrogen-bond donors (Lipinski definition) is 0. The molecular formula is C16H22ClN3O4S. The summed E-state index contributed by atoms with van der Waals surface area (Å²) >= 11 is 6.08. The highest BCUT2D eigenvalue weighted by molar-refractivity contribution is 7.89. The Bertz CT molecular complexity index is 774. The van der Waals surface area contributed by atoms with Gasteiger partial charge in [-0.2, -0.15) is 4.31 Å². The molecule has 7 nitrogen and oxygen atoms in total. The lowest BCUT2D eigenvalue weighted by atomic mass is 10.2. The zero-order valence-corrected chi connectivity index (χ0v) is 16.1. The second-order valence-electron chi connectivity index (χ2n) is 6.21. The summed E-state index contributed by atoms with van der Waals surface area (Å²) in [5.74, 6) is -0.667. The highest BCUT2D eigenvalue weighted by Gasteiger charge is 2.30. The van der Waals surface area contributed by atoms with Gasteiger partial charge in [-0.15, -0.1) is 0 Å². The Labute approximate surface area is 153 Å².